The Morgan fingerprint density at radius 1 is 0.842 bits per heavy atom. The zero-order chi connectivity index (χ0) is 13.9. The van der Waals surface area contributed by atoms with Crippen molar-refractivity contribution in [2.24, 2.45) is 0 Å². The Hall–Kier alpha value is -1.80. The van der Waals surface area contributed by atoms with E-state index in [1.807, 2.05) is 6.07 Å². The maximum atomic E-state index is 5.91. The van der Waals surface area contributed by atoms with E-state index in [-0.39, 0.29) is 0 Å². The van der Waals surface area contributed by atoms with Gasteiger partial charge in [-0.15, -0.1) is 0 Å². The van der Waals surface area contributed by atoms with Gasteiger partial charge in [-0.3, -0.25) is 0 Å². The fourth-order valence-electron chi connectivity index (χ4n) is 1.91. The molecule has 0 N–H and O–H groups in total. The van der Waals surface area contributed by atoms with Gasteiger partial charge in [0.15, 0.2) is 0 Å². The Morgan fingerprint density at radius 2 is 1.37 bits per heavy atom. The molecule has 0 unspecified atom stereocenters. The lowest BCUT2D eigenvalue weighted by Gasteiger charge is -2.21. The molecule has 0 radical (unpaired) electrons. The molecule has 0 saturated carbocycles. The Balaban J connectivity index is 2.17. The van der Waals surface area contributed by atoms with Crippen LogP contribution in [0.25, 0.3) is 16.9 Å². The molecular weight excluding hydrogens is 248 g/mol. The first-order valence-electron chi connectivity index (χ1n) is 6.49. The van der Waals surface area contributed by atoms with Crippen LogP contribution in [-0.4, -0.2) is 8.32 Å². The molecule has 0 amide bonds. The van der Waals surface area contributed by atoms with Gasteiger partial charge in [0.2, 0.25) is 8.32 Å². The molecule has 0 atom stereocenters. The van der Waals surface area contributed by atoms with Crippen molar-refractivity contribution in [2.75, 3.05) is 0 Å². The van der Waals surface area contributed by atoms with Gasteiger partial charge in [-0.05, 0) is 30.8 Å². The number of benzene rings is 2. The molecule has 1 nitrogen and oxygen atoms in total. The second-order valence-corrected chi connectivity index (χ2v) is 10.0. The summed E-state index contributed by atoms with van der Waals surface area (Å²) in [4.78, 5) is 0. The summed E-state index contributed by atoms with van der Waals surface area (Å²) < 4.78 is 5.91. The summed E-state index contributed by atoms with van der Waals surface area (Å²) in [7, 11) is -1.58. The minimum absolute atomic E-state index is 0.777. The first kappa shape index (κ1) is 13.6. The zero-order valence-corrected chi connectivity index (χ0v) is 12.8. The SMILES string of the molecule is C=C(O[Si](C)(C)C)c1ccc(-c2ccccc2)cc1. The smallest absolute Gasteiger partial charge is 0.242 e. The molecule has 0 aliphatic rings. The normalized spacial score (nSPS) is 11.1. The van der Waals surface area contributed by atoms with Crippen molar-refractivity contribution in [1.29, 1.82) is 0 Å². The molecule has 2 rings (SSSR count). The van der Waals surface area contributed by atoms with E-state index in [9.17, 15) is 0 Å². The fourth-order valence-corrected chi connectivity index (χ4v) is 2.76. The van der Waals surface area contributed by atoms with Gasteiger partial charge in [-0.1, -0.05) is 61.2 Å². The van der Waals surface area contributed by atoms with Crippen LogP contribution in [0, 0.1) is 0 Å². The van der Waals surface area contributed by atoms with Crippen molar-refractivity contribution in [3.8, 4) is 11.1 Å². The average Bonchev–Trinajstić information content (AvgIpc) is 2.38. The van der Waals surface area contributed by atoms with E-state index in [4.69, 9.17) is 4.43 Å². The van der Waals surface area contributed by atoms with Crippen LogP contribution in [0.2, 0.25) is 19.6 Å². The van der Waals surface area contributed by atoms with Gasteiger partial charge >= 0.3 is 0 Å². The average molecular weight is 268 g/mol. The van der Waals surface area contributed by atoms with Gasteiger partial charge in [0.1, 0.15) is 5.76 Å². The predicted molar refractivity (Wildman–Crippen MR) is 85.3 cm³/mol. The van der Waals surface area contributed by atoms with Gasteiger partial charge in [-0.2, -0.15) is 0 Å². The Morgan fingerprint density at radius 3 is 1.89 bits per heavy atom. The van der Waals surface area contributed by atoms with Crippen LogP contribution in [0.5, 0.6) is 0 Å². The van der Waals surface area contributed by atoms with E-state index in [0.717, 1.165) is 11.3 Å². The highest BCUT2D eigenvalue weighted by atomic mass is 28.4. The third kappa shape index (κ3) is 3.83. The molecule has 2 aromatic carbocycles. The van der Waals surface area contributed by atoms with Gasteiger partial charge in [-0.25, -0.2) is 0 Å². The summed E-state index contributed by atoms with van der Waals surface area (Å²) in [6.45, 7) is 10.5. The summed E-state index contributed by atoms with van der Waals surface area (Å²) in [5, 5.41) is 0. The largest absolute Gasteiger partial charge is 0.544 e. The fraction of sp³-hybridized carbons (Fsp3) is 0.176. The first-order chi connectivity index (χ1) is 8.96. The summed E-state index contributed by atoms with van der Waals surface area (Å²) in [6.07, 6.45) is 0. The topological polar surface area (TPSA) is 9.23 Å². The minimum Gasteiger partial charge on any atom is -0.544 e. The lowest BCUT2D eigenvalue weighted by molar-refractivity contribution is 0.516. The second kappa shape index (κ2) is 5.45. The third-order valence-electron chi connectivity index (χ3n) is 2.74. The van der Waals surface area contributed by atoms with E-state index < -0.39 is 8.32 Å². The maximum Gasteiger partial charge on any atom is 0.242 e. The first-order valence-corrected chi connectivity index (χ1v) is 9.90. The molecule has 19 heavy (non-hydrogen) atoms. The van der Waals surface area contributed by atoms with Crippen LogP contribution in [-0.2, 0) is 4.43 Å². The van der Waals surface area contributed by atoms with E-state index in [2.05, 4.69) is 74.8 Å². The lowest BCUT2D eigenvalue weighted by atomic mass is 10.0. The number of hydrogen-bond donors (Lipinski definition) is 0. The molecule has 0 aromatic heterocycles. The molecule has 0 fully saturated rings. The molecule has 0 spiro atoms. The maximum absolute atomic E-state index is 5.91. The molecule has 0 heterocycles. The number of hydrogen-bond acceptors (Lipinski definition) is 1. The van der Waals surface area contributed by atoms with Gasteiger partial charge < -0.3 is 4.43 Å². The molecule has 2 aromatic rings. The quantitative estimate of drug-likeness (QED) is 0.548. The summed E-state index contributed by atoms with van der Waals surface area (Å²) in [5.41, 5.74) is 3.50. The Labute approximate surface area is 116 Å². The highest BCUT2D eigenvalue weighted by Gasteiger charge is 2.17. The third-order valence-corrected chi connectivity index (χ3v) is 3.60. The molecule has 2 heteroatoms. The number of rotatable bonds is 4. The van der Waals surface area contributed by atoms with E-state index in [0.29, 0.717) is 0 Å². The van der Waals surface area contributed by atoms with Crippen LogP contribution in [0.4, 0.5) is 0 Å². The van der Waals surface area contributed by atoms with Gasteiger partial charge in [0, 0.05) is 5.56 Å². The molecule has 98 valence electrons. The Bertz CT molecular complexity index is 550. The summed E-state index contributed by atoms with van der Waals surface area (Å²) in [6, 6.07) is 18.7. The predicted octanol–water partition coefficient (Wildman–Crippen LogP) is 5.18. The van der Waals surface area contributed by atoms with Crippen LogP contribution in [0.3, 0.4) is 0 Å². The lowest BCUT2D eigenvalue weighted by Crippen LogP contribution is -2.24. The van der Waals surface area contributed by atoms with E-state index >= 15 is 0 Å². The highest BCUT2D eigenvalue weighted by Crippen LogP contribution is 2.23. The van der Waals surface area contributed by atoms with E-state index in [1.165, 1.54) is 11.1 Å². The van der Waals surface area contributed by atoms with Gasteiger partial charge in [0.25, 0.3) is 0 Å². The summed E-state index contributed by atoms with van der Waals surface area (Å²) in [5.74, 6) is 0.777. The second-order valence-electron chi connectivity index (χ2n) is 5.58. The molecule has 0 saturated heterocycles. The van der Waals surface area contributed by atoms with E-state index in [1.54, 1.807) is 0 Å². The molecule has 0 bridgehead atoms. The Kier molecular flexibility index (Phi) is 3.91. The summed E-state index contributed by atoms with van der Waals surface area (Å²) >= 11 is 0. The molecular formula is C17H20OSi. The van der Waals surface area contributed by atoms with Crippen LogP contribution >= 0.6 is 0 Å². The van der Waals surface area contributed by atoms with Crippen molar-refractivity contribution in [3.63, 3.8) is 0 Å². The zero-order valence-electron chi connectivity index (χ0n) is 11.8. The van der Waals surface area contributed by atoms with Crippen molar-refractivity contribution >= 4 is 14.1 Å². The van der Waals surface area contributed by atoms with Crippen molar-refractivity contribution in [1.82, 2.24) is 0 Å². The molecule has 0 aliphatic heterocycles. The highest BCUT2D eigenvalue weighted by molar-refractivity contribution is 6.70. The van der Waals surface area contributed by atoms with Crippen LogP contribution in [0.1, 0.15) is 5.56 Å². The minimum atomic E-state index is -1.58. The van der Waals surface area contributed by atoms with Crippen LogP contribution in [0.15, 0.2) is 61.2 Å². The molecule has 0 aliphatic carbocycles. The van der Waals surface area contributed by atoms with Gasteiger partial charge in [0.05, 0.1) is 0 Å². The van der Waals surface area contributed by atoms with Crippen molar-refractivity contribution in [2.45, 2.75) is 19.6 Å². The monoisotopic (exact) mass is 268 g/mol. The van der Waals surface area contributed by atoms with Crippen LogP contribution < -0.4 is 0 Å². The van der Waals surface area contributed by atoms with Crippen molar-refractivity contribution in [3.05, 3.63) is 66.7 Å². The van der Waals surface area contributed by atoms with Crippen molar-refractivity contribution < 1.29 is 4.43 Å². The standard InChI is InChI=1S/C17H20OSi/c1-14(18-19(2,3)4)15-10-12-17(13-11-15)16-8-6-5-7-9-16/h5-13H,1H2,2-4H3.